The molecular weight excluding hydrogens is 476 g/mol. The third-order valence-corrected chi connectivity index (χ3v) is 7.39. The van der Waals surface area contributed by atoms with Gasteiger partial charge in [-0.3, -0.25) is 14.5 Å². The average Bonchev–Trinajstić information content (AvgIpc) is 3.37. The number of benzene rings is 2. The summed E-state index contributed by atoms with van der Waals surface area (Å²) in [7, 11) is 0. The van der Waals surface area contributed by atoms with Gasteiger partial charge in [0.1, 0.15) is 10.6 Å². The van der Waals surface area contributed by atoms with E-state index in [1.807, 2.05) is 57.2 Å². The van der Waals surface area contributed by atoms with E-state index in [0.29, 0.717) is 16.8 Å². The van der Waals surface area contributed by atoms with Crippen LogP contribution in [0.25, 0.3) is 5.76 Å². The van der Waals surface area contributed by atoms with Crippen LogP contribution in [0.2, 0.25) is 0 Å². The highest BCUT2D eigenvalue weighted by Crippen LogP contribution is 2.44. The van der Waals surface area contributed by atoms with Crippen LogP contribution in [-0.4, -0.2) is 34.4 Å². The molecule has 1 saturated heterocycles. The minimum Gasteiger partial charge on any atom is -0.507 e. The molecule has 186 valence electrons. The Labute approximate surface area is 214 Å². The van der Waals surface area contributed by atoms with Crippen LogP contribution >= 0.6 is 11.3 Å². The molecule has 2 aromatic carbocycles. The predicted molar refractivity (Wildman–Crippen MR) is 139 cm³/mol. The number of thiazole rings is 1. The van der Waals surface area contributed by atoms with Gasteiger partial charge in [0.25, 0.3) is 5.78 Å². The summed E-state index contributed by atoms with van der Waals surface area (Å²) < 4.78 is 5.12. The van der Waals surface area contributed by atoms with Crippen LogP contribution in [0.15, 0.2) is 48.0 Å². The molecular formula is C28H28N2O5S. The highest BCUT2D eigenvalue weighted by Gasteiger charge is 2.48. The molecule has 0 aliphatic carbocycles. The van der Waals surface area contributed by atoms with Gasteiger partial charge in [0.05, 0.1) is 23.9 Å². The average molecular weight is 505 g/mol. The number of hydrogen-bond donors (Lipinski definition) is 1. The van der Waals surface area contributed by atoms with E-state index in [2.05, 4.69) is 4.98 Å². The van der Waals surface area contributed by atoms with E-state index in [-0.39, 0.29) is 27.9 Å². The first-order chi connectivity index (χ1) is 17.2. The number of carbonyl (C=O) groups excluding carboxylic acids is 3. The molecule has 1 N–H and O–H groups in total. The number of rotatable bonds is 6. The number of ether oxygens (including phenoxy) is 1. The van der Waals surface area contributed by atoms with Gasteiger partial charge in [0.2, 0.25) is 0 Å². The van der Waals surface area contributed by atoms with E-state index in [0.717, 1.165) is 34.4 Å². The zero-order valence-corrected chi connectivity index (χ0v) is 21.7. The van der Waals surface area contributed by atoms with Crippen molar-refractivity contribution in [3.63, 3.8) is 0 Å². The molecule has 1 amide bonds. The van der Waals surface area contributed by atoms with Crippen LogP contribution in [0.5, 0.6) is 0 Å². The van der Waals surface area contributed by atoms with Gasteiger partial charge in [-0.15, -0.1) is 0 Å². The van der Waals surface area contributed by atoms with E-state index in [9.17, 15) is 19.5 Å². The van der Waals surface area contributed by atoms with Crippen LogP contribution in [0.3, 0.4) is 0 Å². The first-order valence-electron chi connectivity index (χ1n) is 11.8. The third kappa shape index (κ3) is 4.44. The molecule has 1 aromatic heterocycles. The number of nitrogens with zero attached hydrogens (tertiary/aromatic N) is 2. The molecule has 1 aliphatic rings. The topological polar surface area (TPSA) is 96.8 Å². The Kier molecular flexibility index (Phi) is 7.08. The maximum atomic E-state index is 13.4. The van der Waals surface area contributed by atoms with Gasteiger partial charge in [-0.2, -0.15) is 0 Å². The number of anilines is 1. The van der Waals surface area contributed by atoms with Gasteiger partial charge < -0.3 is 9.84 Å². The summed E-state index contributed by atoms with van der Waals surface area (Å²) in [4.78, 5) is 45.2. The third-order valence-electron chi connectivity index (χ3n) is 6.25. The van der Waals surface area contributed by atoms with Gasteiger partial charge >= 0.3 is 11.9 Å². The van der Waals surface area contributed by atoms with E-state index >= 15 is 0 Å². The number of ketones is 1. The molecule has 1 aliphatic heterocycles. The lowest BCUT2D eigenvalue weighted by atomic mass is 9.93. The molecule has 7 nitrogen and oxygen atoms in total. The normalized spacial score (nSPS) is 17.0. The van der Waals surface area contributed by atoms with Crippen molar-refractivity contribution in [3.8, 4) is 0 Å². The largest absolute Gasteiger partial charge is 0.507 e. The Morgan fingerprint density at radius 3 is 2.42 bits per heavy atom. The molecule has 36 heavy (non-hydrogen) atoms. The number of carbonyl (C=O) groups is 3. The highest BCUT2D eigenvalue weighted by molar-refractivity contribution is 7.17. The van der Waals surface area contributed by atoms with E-state index in [1.54, 1.807) is 19.9 Å². The van der Waals surface area contributed by atoms with Crippen LogP contribution < -0.4 is 4.90 Å². The summed E-state index contributed by atoms with van der Waals surface area (Å²) in [6.45, 7) is 9.34. The van der Waals surface area contributed by atoms with Gasteiger partial charge in [-0.05, 0) is 56.9 Å². The van der Waals surface area contributed by atoms with Crippen LogP contribution in [0, 0.1) is 20.8 Å². The summed E-state index contributed by atoms with van der Waals surface area (Å²) in [5, 5.41) is 11.6. The Morgan fingerprint density at radius 1 is 1.08 bits per heavy atom. The van der Waals surface area contributed by atoms with Crippen molar-refractivity contribution in [2.75, 3.05) is 11.5 Å². The monoisotopic (exact) mass is 504 g/mol. The number of aryl methyl sites for hydroxylation is 4. The van der Waals surface area contributed by atoms with Crippen molar-refractivity contribution in [2.24, 2.45) is 0 Å². The van der Waals surface area contributed by atoms with Crippen molar-refractivity contribution in [1.29, 1.82) is 0 Å². The molecule has 1 fully saturated rings. The molecule has 8 heteroatoms. The quantitative estimate of drug-likeness (QED) is 0.208. The van der Waals surface area contributed by atoms with E-state index in [4.69, 9.17) is 4.74 Å². The zero-order valence-electron chi connectivity index (χ0n) is 20.9. The SMILES string of the molecule is CCOC(=O)c1sc(N2C(=O)C(=O)C(=C(O)c3cc(C)ccc3C)C2c2ccc(CC)cc2)nc1C. The lowest BCUT2D eigenvalue weighted by Gasteiger charge is -2.23. The van der Waals surface area contributed by atoms with Gasteiger partial charge in [-0.1, -0.05) is 60.2 Å². The van der Waals surface area contributed by atoms with Gasteiger partial charge in [-0.25, -0.2) is 9.78 Å². The summed E-state index contributed by atoms with van der Waals surface area (Å²) >= 11 is 0.995. The molecule has 0 radical (unpaired) electrons. The van der Waals surface area contributed by atoms with Crippen molar-refractivity contribution in [3.05, 3.63) is 86.4 Å². The number of amides is 1. The predicted octanol–water partition coefficient (Wildman–Crippen LogP) is 5.43. The Hall–Kier alpha value is -3.78. The van der Waals surface area contributed by atoms with Crippen molar-refractivity contribution in [2.45, 2.75) is 47.1 Å². The second kappa shape index (κ2) is 10.1. The lowest BCUT2D eigenvalue weighted by Crippen LogP contribution is -2.29. The van der Waals surface area contributed by atoms with E-state index < -0.39 is 23.7 Å². The fourth-order valence-corrected chi connectivity index (χ4v) is 5.28. The van der Waals surface area contributed by atoms with Crippen molar-refractivity contribution < 1.29 is 24.2 Å². The van der Waals surface area contributed by atoms with Gasteiger partial charge in [0.15, 0.2) is 5.13 Å². The van der Waals surface area contributed by atoms with Crippen LogP contribution in [0.1, 0.15) is 63.1 Å². The Morgan fingerprint density at radius 2 is 1.78 bits per heavy atom. The van der Waals surface area contributed by atoms with Crippen LogP contribution in [0.4, 0.5) is 5.13 Å². The number of aliphatic hydroxyl groups is 1. The number of aliphatic hydroxyl groups excluding tert-OH is 1. The summed E-state index contributed by atoms with van der Waals surface area (Å²) in [5.74, 6) is -2.38. The Bertz CT molecular complexity index is 1390. The summed E-state index contributed by atoms with van der Waals surface area (Å²) in [5.41, 5.74) is 4.33. The molecule has 0 bridgehead atoms. The fourth-order valence-electron chi connectivity index (χ4n) is 4.29. The second-order valence-corrected chi connectivity index (χ2v) is 9.69. The molecule has 1 atom stereocenters. The fraction of sp³-hybridized carbons (Fsp3) is 0.286. The zero-order chi connectivity index (χ0) is 26.1. The minimum absolute atomic E-state index is 0.0107. The van der Waals surface area contributed by atoms with Gasteiger partial charge in [0, 0.05) is 5.56 Å². The smallest absolute Gasteiger partial charge is 0.350 e. The minimum atomic E-state index is -0.906. The van der Waals surface area contributed by atoms with Crippen LogP contribution in [-0.2, 0) is 20.7 Å². The van der Waals surface area contributed by atoms with Crippen molar-refractivity contribution >= 4 is 39.9 Å². The number of esters is 1. The molecule has 0 saturated carbocycles. The molecule has 3 aromatic rings. The number of hydrogen-bond acceptors (Lipinski definition) is 7. The first kappa shape index (κ1) is 25.3. The Balaban J connectivity index is 1.94. The molecule has 0 spiro atoms. The lowest BCUT2D eigenvalue weighted by molar-refractivity contribution is -0.132. The van der Waals surface area contributed by atoms with Crippen molar-refractivity contribution in [1.82, 2.24) is 4.98 Å². The second-order valence-electron chi connectivity index (χ2n) is 8.71. The highest BCUT2D eigenvalue weighted by atomic mass is 32.1. The summed E-state index contributed by atoms with van der Waals surface area (Å²) in [6.07, 6.45) is 0.831. The molecule has 4 rings (SSSR count). The van der Waals surface area contributed by atoms with E-state index in [1.165, 1.54) is 4.90 Å². The number of aromatic nitrogens is 1. The molecule has 1 unspecified atom stereocenters. The first-order valence-corrected chi connectivity index (χ1v) is 12.6. The summed E-state index contributed by atoms with van der Waals surface area (Å²) in [6, 6.07) is 12.2. The maximum absolute atomic E-state index is 13.4. The standard InChI is InChI=1S/C28H28N2O5S/c1-6-18-10-12-19(13-11-18)22-21(23(31)20-14-15(3)8-9-16(20)4)24(32)26(33)30(22)28-29-17(5)25(36-28)27(34)35-7-2/h8-14,22,31H,6-7H2,1-5H3. The number of Topliss-reactive ketones (excluding diaryl/α,β-unsaturated/α-hetero) is 1. The molecule has 2 heterocycles. The maximum Gasteiger partial charge on any atom is 0.350 e.